The molecule has 2 unspecified atom stereocenters. The second kappa shape index (κ2) is 5.27. The van der Waals surface area contributed by atoms with Crippen LogP contribution >= 0.6 is 0 Å². The maximum atomic E-state index is 12.0. The molecule has 1 aromatic rings. The Kier molecular flexibility index (Phi) is 3.72. The molecule has 18 heavy (non-hydrogen) atoms. The first-order chi connectivity index (χ1) is 8.63. The topological polar surface area (TPSA) is 89.8 Å². The van der Waals surface area contributed by atoms with Gasteiger partial charge >= 0.3 is 0 Å². The average Bonchev–Trinajstić information content (AvgIpc) is 2.79. The van der Waals surface area contributed by atoms with Crippen LogP contribution in [0.1, 0.15) is 29.6 Å². The van der Waals surface area contributed by atoms with E-state index in [1.807, 2.05) is 0 Å². The van der Waals surface area contributed by atoms with Crippen molar-refractivity contribution in [2.75, 3.05) is 6.61 Å². The van der Waals surface area contributed by atoms with E-state index in [2.05, 4.69) is 5.32 Å². The highest BCUT2D eigenvalue weighted by Gasteiger charge is 2.28. The first kappa shape index (κ1) is 12.7. The molecule has 2 rings (SSSR count). The van der Waals surface area contributed by atoms with Gasteiger partial charge in [0, 0.05) is 18.6 Å². The molecular weight excluding hydrogens is 234 g/mol. The van der Waals surface area contributed by atoms with E-state index in [0.717, 1.165) is 19.3 Å². The van der Waals surface area contributed by atoms with Crippen molar-refractivity contribution in [2.24, 2.45) is 5.92 Å². The summed E-state index contributed by atoms with van der Waals surface area (Å²) >= 11 is 0. The van der Waals surface area contributed by atoms with E-state index in [1.165, 1.54) is 18.2 Å². The molecule has 0 aliphatic heterocycles. The summed E-state index contributed by atoms with van der Waals surface area (Å²) in [5, 5.41) is 30.9. The minimum Gasteiger partial charge on any atom is -0.504 e. The molecule has 1 amide bonds. The summed E-state index contributed by atoms with van der Waals surface area (Å²) in [4.78, 5) is 12.0. The van der Waals surface area contributed by atoms with Crippen LogP contribution in [0.2, 0.25) is 0 Å². The molecule has 4 N–H and O–H groups in total. The monoisotopic (exact) mass is 251 g/mol. The quantitative estimate of drug-likeness (QED) is 0.603. The van der Waals surface area contributed by atoms with Crippen molar-refractivity contribution in [3.63, 3.8) is 0 Å². The molecule has 0 radical (unpaired) electrons. The summed E-state index contributed by atoms with van der Waals surface area (Å²) in [6.45, 7) is 0.0525. The molecule has 1 saturated carbocycles. The number of hydrogen-bond donors (Lipinski definition) is 4. The molecule has 0 saturated heterocycles. The van der Waals surface area contributed by atoms with Gasteiger partial charge in [-0.2, -0.15) is 0 Å². The Morgan fingerprint density at radius 1 is 1.33 bits per heavy atom. The van der Waals surface area contributed by atoms with Gasteiger partial charge in [-0.3, -0.25) is 4.79 Å². The molecule has 98 valence electrons. The third-order valence-corrected chi connectivity index (χ3v) is 3.47. The minimum atomic E-state index is -0.422. The van der Waals surface area contributed by atoms with Crippen molar-refractivity contribution in [3.8, 4) is 11.5 Å². The normalized spacial score (nSPS) is 22.9. The van der Waals surface area contributed by atoms with Crippen molar-refractivity contribution in [1.29, 1.82) is 0 Å². The predicted molar refractivity (Wildman–Crippen MR) is 65.5 cm³/mol. The van der Waals surface area contributed by atoms with E-state index in [-0.39, 0.29) is 29.9 Å². The number of carbonyl (C=O) groups is 1. The zero-order chi connectivity index (χ0) is 13.1. The van der Waals surface area contributed by atoms with Crippen molar-refractivity contribution in [3.05, 3.63) is 23.8 Å². The number of phenolic OH excluding ortho intramolecular Hbond substituents is 2. The van der Waals surface area contributed by atoms with Crippen LogP contribution in [-0.4, -0.2) is 33.9 Å². The van der Waals surface area contributed by atoms with Crippen LogP contribution in [-0.2, 0) is 0 Å². The van der Waals surface area contributed by atoms with Gasteiger partial charge in [0.1, 0.15) is 0 Å². The van der Waals surface area contributed by atoms with E-state index >= 15 is 0 Å². The van der Waals surface area contributed by atoms with Crippen molar-refractivity contribution >= 4 is 5.91 Å². The van der Waals surface area contributed by atoms with Crippen LogP contribution < -0.4 is 5.32 Å². The highest BCUT2D eigenvalue weighted by Crippen LogP contribution is 2.29. The molecule has 0 aromatic heterocycles. The van der Waals surface area contributed by atoms with Crippen molar-refractivity contribution in [1.82, 2.24) is 5.32 Å². The van der Waals surface area contributed by atoms with Gasteiger partial charge < -0.3 is 20.6 Å². The fourth-order valence-electron chi connectivity index (χ4n) is 2.41. The third-order valence-electron chi connectivity index (χ3n) is 3.47. The number of aliphatic hydroxyl groups excluding tert-OH is 1. The Balaban J connectivity index is 2.10. The van der Waals surface area contributed by atoms with E-state index in [0.29, 0.717) is 0 Å². The number of rotatable bonds is 3. The molecule has 0 spiro atoms. The van der Waals surface area contributed by atoms with Gasteiger partial charge in [0.2, 0.25) is 0 Å². The Morgan fingerprint density at radius 2 is 2.11 bits per heavy atom. The Labute approximate surface area is 105 Å². The maximum absolute atomic E-state index is 12.0. The van der Waals surface area contributed by atoms with Crippen LogP contribution in [0.25, 0.3) is 0 Å². The van der Waals surface area contributed by atoms with Gasteiger partial charge in [-0.05, 0) is 25.0 Å². The molecule has 5 heteroatoms. The van der Waals surface area contributed by atoms with E-state index in [9.17, 15) is 20.1 Å². The number of phenols is 2. The lowest BCUT2D eigenvalue weighted by Crippen LogP contribution is -2.38. The van der Waals surface area contributed by atoms with Crippen LogP contribution in [0, 0.1) is 5.92 Å². The number of benzene rings is 1. The largest absolute Gasteiger partial charge is 0.504 e. The van der Waals surface area contributed by atoms with E-state index in [4.69, 9.17) is 0 Å². The standard InChI is InChI=1S/C13H17NO4/c15-7-8-3-1-5-10(8)14-13(18)9-4-2-6-11(16)12(9)17/h2,4,6,8,10,15-17H,1,3,5,7H2,(H,14,18). The van der Waals surface area contributed by atoms with Crippen molar-refractivity contribution in [2.45, 2.75) is 25.3 Å². The molecule has 5 nitrogen and oxygen atoms in total. The van der Waals surface area contributed by atoms with Gasteiger partial charge in [0.25, 0.3) is 5.91 Å². The number of carbonyl (C=O) groups excluding carboxylic acids is 1. The average molecular weight is 251 g/mol. The highest BCUT2D eigenvalue weighted by molar-refractivity contribution is 5.97. The molecule has 1 aliphatic rings. The fraction of sp³-hybridized carbons (Fsp3) is 0.462. The summed E-state index contributed by atoms with van der Waals surface area (Å²) in [5.41, 5.74) is 0.0542. The van der Waals surface area contributed by atoms with Gasteiger partial charge in [-0.25, -0.2) is 0 Å². The lowest BCUT2D eigenvalue weighted by atomic mass is 10.0. The van der Waals surface area contributed by atoms with Gasteiger partial charge in [0.05, 0.1) is 5.56 Å². The highest BCUT2D eigenvalue weighted by atomic mass is 16.3. The van der Waals surface area contributed by atoms with Crippen LogP contribution in [0.4, 0.5) is 0 Å². The van der Waals surface area contributed by atoms with Crippen molar-refractivity contribution < 1.29 is 20.1 Å². The molecule has 1 fully saturated rings. The van der Waals surface area contributed by atoms with Gasteiger partial charge in [-0.15, -0.1) is 0 Å². The predicted octanol–water partition coefficient (Wildman–Crippen LogP) is 0.989. The molecule has 1 aromatic carbocycles. The summed E-state index contributed by atoms with van der Waals surface area (Å²) in [5.74, 6) is -1.07. The molecule has 2 atom stereocenters. The summed E-state index contributed by atoms with van der Waals surface area (Å²) in [6.07, 6.45) is 2.70. The first-order valence-electron chi connectivity index (χ1n) is 6.06. The first-order valence-corrected chi connectivity index (χ1v) is 6.06. The number of amides is 1. The zero-order valence-electron chi connectivity index (χ0n) is 9.97. The Bertz CT molecular complexity index is 447. The second-order valence-electron chi connectivity index (χ2n) is 4.63. The second-order valence-corrected chi connectivity index (χ2v) is 4.63. The SMILES string of the molecule is O=C(NC1CCCC1CO)c1cccc(O)c1O. The van der Waals surface area contributed by atoms with Crippen LogP contribution in [0.15, 0.2) is 18.2 Å². The smallest absolute Gasteiger partial charge is 0.255 e. The molecular formula is C13H17NO4. The maximum Gasteiger partial charge on any atom is 0.255 e. The van der Waals surface area contributed by atoms with Crippen LogP contribution in [0.5, 0.6) is 11.5 Å². The van der Waals surface area contributed by atoms with Gasteiger partial charge in [0.15, 0.2) is 11.5 Å². The van der Waals surface area contributed by atoms with Gasteiger partial charge in [-0.1, -0.05) is 12.5 Å². The molecule has 0 bridgehead atoms. The summed E-state index contributed by atoms with van der Waals surface area (Å²) in [6, 6.07) is 4.21. The summed E-state index contributed by atoms with van der Waals surface area (Å²) in [7, 11) is 0. The summed E-state index contributed by atoms with van der Waals surface area (Å²) < 4.78 is 0. The molecule has 1 aliphatic carbocycles. The lowest BCUT2D eigenvalue weighted by Gasteiger charge is -2.19. The fourth-order valence-corrected chi connectivity index (χ4v) is 2.41. The molecule has 0 heterocycles. The van der Waals surface area contributed by atoms with Crippen LogP contribution in [0.3, 0.4) is 0 Å². The zero-order valence-corrected chi connectivity index (χ0v) is 9.97. The number of para-hydroxylation sites is 1. The number of nitrogens with one attached hydrogen (secondary N) is 1. The Morgan fingerprint density at radius 3 is 2.83 bits per heavy atom. The Hall–Kier alpha value is -1.75. The third kappa shape index (κ3) is 2.41. The minimum absolute atomic E-state index is 0.0525. The lowest BCUT2D eigenvalue weighted by molar-refractivity contribution is 0.0912. The number of hydrogen-bond acceptors (Lipinski definition) is 4. The van der Waals surface area contributed by atoms with E-state index < -0.39 is 11.7 Å². The number of aliphatic hydroxyl groups is 1. The number of aromatic hydroxyl groups is 2. The van der Waals surface area contributed by atoms with E-state index in [1.54, 1.807) is 0 Å².